The van der Waals surface area contributed by atoms with E-state index in [-0.39, 0.29) is 22.9 Å². The second-order valence-corrected chi connectivity index (χ2v) is 7.06. The lowest BCUT2D eigenvalue weighted by Gasteiger charge is -2.12. The minimum atomic E-state index is -3.11. The average Bonchev–Trinajstić information content (AvgIpc) is 3.02. The zero-order valence-electron chi connectivity index (χ0n) is 10.9. The fourth-order valence-corrected chi connectivity index (χ4v) is 4.13. The Hall–Kier alpha value is -2.29. The Morgan fingerprint density at radius 3 is 2.81 bits per heavy atom. The molecule has 1 aliphatic rings. The summed E-state index contributed by atoms with van der Waals surface area (Å²) < 4.78 is 24.6. The van der Waals surface area contributed by atoms with Gasteiger partial charge in [0.2, 0.25) is 0 Å². The zero-order chi connectivity index (χ0) is 15.0. The van der Waals surface area contributed by atoms with Crippen molar-refractivity contribution in [3.63, 3.8) is 0 Å². The number of pyridine rings is 1. The van der Waals surface area contributed by atoms with Crippen LogP contribution in [0.15, 0.2) is 24.5 Å². The number of carbonyl (C=O) groups is 1. The summed E-state index contributed by atoms with van der Waals surface area (Å²) in [6.07, 6.45) is 3.47. The molecule has 3 heterocycles. The van der Waals surface area contributed by atoms with Crippen molar-refractivity contribution in [1.82, 2.24) is 20.0 Å². The molecule has 0 radical (unpaired) electrons. The molecule has 3 rings (SSSR count). The number of sulfone groups is 1. The highest BCUT2D eigenvalue weighted by atomic mass is 32.2. The van der Waals surface area contributed by atoms with E-state index in [1.54, 1.807) is 18.3 Å². The number of carboxylic acid groups (broad SMARTS) is 1. The summed E-state index contributed by atoms with van der Waals surface area (Å²) >= 11 is 0. The molecule has 0 amide bonds. The molecule has 0 spiro atoms. The lowest BCUT2D eigenvalue weighted by molar-refractivity contribution is 0.0691. The van der Waals surface area contributed by atoms with Crippen LogP contribution in [0.1, 0.15) is 23.0 Å². The van der Waals surface area contributed by atoms with Gasteiger partial charge in [-0.2, -0.15) is 0 Å². The molecule has 0 aromatic carbocycles. The summed E-state index contributed by atoms with van der Waals surface area (Å²) in [5.41, 5.74) is 0.634. The van der Waals surface area contributed by atoms with Crippen molar-refractivity contribution >= 4 is 15.8 Å². The first-order chi connectivity index (χ1) is 9.98. The van der Waals surface area contributed by atoms with Gasteiger partial charge in [-0.05, 0) is 18.6 Å². The summed E-state index contributed by atoms with van der Waals surface area (Å²) in [6, 6.07) is 2.97. The zero-order valence-corrected chi connectivity index (χ0v) is 11.7. The number of hydrogen-bond donors (Lipinski definition) is 1. The molecule has 9 heteroatoms. The molecule has 0 saturated carbocycles. The molecular formula is C12H12N4O4S. The third kappa shape index (κ3) is 2.51. The first kappa shape index (κ1) is 13.7. The van der Waals surface area contributed by atoms with Crippen molar-refractivity contribution in [2.24, 2.45) is 0 Å². The molecule has 1 N–H and O–H groups in total. The summed E-state index contributed by atoms with van der Waals surface area (Å²) in [5.74, 6) is -1.18. The molecule has 1 fully saturated rings. The van der Waals surface area contributed by atoms with E-state index in [1.807, 2.05) is 0 Å². The van der Waals surface area contributed by atoms with Crippen LogP contribution in [0.2, 0.25) is 0 Å². The molecule has 0 bridgehead atoms. The summed E-state index contributed by atoms with van der Waals surface area (Å²) in [7, 11) is -3.11. The fourth-order valence-electron chi connectivity index (χ4n) is 2.43. The van der Waals surface area contributed by atoms with Crippen LogP contribution in [0.3, 0.4) is 0 Å². The van der Waals surface area contributed by atoms with Gasteiger partial charge in [-0.3, -0.25) is 4.98 Å². The molecule has 2 aromatic heterocycles. The highest BCUT2D eigenvalue weighted by Crippen LogP contribution is 2.30. The minimum absolute atomic E-state index is 0.0529. The Labute approximate surface area is 120 Å². The van der Waals surface area contributed by atoms with Crippen LogP contribution < -0.4 is 0 Å². The van der Waals surface area contributed by atoms with E-state index in [1.165, 1.54) is 10.9 Å². The van der Waals surface area contributed by atoms with Gasteiger partial charge < -0.3 is 5.11 Å². The molecule has 1 atom stereocenters. The normalized spacial score (nSPS) is 20.5. The number of rotatable bonds is 3. The quantitative estimate of drug-likeness (QED) is 0.872. The van der Waals surface area contributed by atoms with Gasteiger partial charge in [0.15, 0.2) is 15.5 Å². The Balaban J connectivity index is 2.12. The van der Waals surface area contributed by atoms with Crippen molar-refractivity contribution in [2.75, 3.05) is 11.5 Å². The second-order valence-electron chi connectivity index (χ2n) is 4.83. The third-order valence-electron chi connectivity index (χ3n) is 3.39. The van der Waals surface area contributed by atoms with Gasteiger partial charge in [-0.15, -0.1) is 5.10 Å². The van der Waals surface area contributed by atoms with Crippen LogP contribution in [0, 0.1) is 0 Å². The number of aromatic carboxylic acids is 1. The van der Waals surface area contributed by atoms with Crippen LogP contribution in [-0.4, -0.2) is 51.0 Å². The van der Waals surface area contributed by atoms with Crippen molar-refractivity contribution < 1.29 is 18.3 Å². The van der Waals surface area contributed by atoms with E-state index < -0.39 is 21.8 Å². The van der Waals surface area contributed by atoms with Crippen molar-refractivity contribution in [3.05, 3.63) is 30.2 Å². The Morgan fingerprint density at radius 1 is 1.43 bits per heavy atom. The highest BCUT2D eigenvalue weighted by Gasteiger charge is 2.33. The monoisotopic (exact) mass is 308 g/mol. The number of carboxylic acids is 1. The minimum Gasteiger partial charge on any atom is -0.476 e. The smallest absolute Gasteiger partial charge is 0.358 e. The highest BCUT2D eigenvalue weighted by molar-refractivity contribution is 7.91. The van der Waals surface area contributed by atoms with E-state index in [0.29, 0.717) is 12.0 Å². The molecule has 0 aliphatic carbocycles. The number of nitrogens with zero attached hydrogens (tertiary/aromatic N) is 4. The van der Waals surface area contributed by atoms with Crippen molar-refractivity contribution in [3.8, 4) is 11.3 Å². The molecule has 1 saturated heterocycles. The predicted octanol–water partition coefficient (Wildman–Crippen LogP) is 0.398. The van der Waals surface area contributed by atoms with E-state index in [4.69, 9.17) is 0 Å². The Morgan fingerprint density at radius 2 is 2.24 bits per heavy atom. The topological polar surface area (TPSA) is 115 Å². The van der Waals surface area contributed by atoms with Gasteiger partial charge in [-0.1, -0.05) is 5.21 Å². The predicted molar refractivity (Wildman–Crippen MR) is 72.5 cm³/mol. The molecular weight excluding hydrogens is 296 g/mol. The number of aromatic nitrogens is 4. The van der Waals surface area contributed by atoms with Crippen LogP contribution in [0.5, 0.6) is 0 Å². The van der Waals surface area contributed by atoms with E-state index >= 15 is 0 Å². The Bertz CT molecular complexity index is 785. The summed E-state index contributed by atoms with van der Waals surface area (Å²) in [5, 5.41) is 16.8. The summed E-state index contributed by atoms with van der Waals surface area (Å²) in [6.45, 7) is 0. The van der Waals surface area contributed by atoms with Crippen LogP contribution >= 0.6 is 0 Å². The van der Waals surface area contributed by atoms with Gasteiger partial charge in [0.25, 0.3) is 0 Å². The van der Waals surface area contributed by atoms with Crippen LogP contribution in [-0.2, 0) is 9.84 Å². The van der Waals surface area contributed by atoms with Gasteiger partial charge >= 0.3 is 5.97 Å². The molecule has 2 aromatic rings. The van der Waals surface area contributed by atoms with Gasteiger partial charge in [0.05, 0.1) is 17.5 Å². The first-order valence-corrected chi connectivity index (χ1v) is 8.09. The summed E-state index contributed by atoms with van der Waals surface area (Å²) in [4.78, 5) is 15.3. The molecule has 110 valence electrons. The maximum Gasteiger partial charge on any atom is 0.358 e. The van der Waals surface area contributed by atoms with Gasteiger partial charge in [0, 0.05) is 18.0 Å². The van der Waals surface area contributed by atoms with Crippen LogP contribution in [0.4, 0.5) is 0 Å². The van der Waals surface area contributed by atoms with Crippen molar-refractivity contribution in [2.45, 2.75) is 12.5 Å². The fraction of sp³-hybridized carbons (Fsp3) is 0.333. The number of hydrogen-bond acceptors (Lipinski definition) is 6. The molecule has 8 nitrogen and oxygen atoms in total. The molecule has 1 aliphatic heterocycles. The first-order valence-electron chi connectivity index (χ1n) is 6.27. The Kier molecular flexibility index (Phi) is 3.20. The van der Waals surface area contributed by atoms with Crippen molar-refractivity contribution in [1.29, 1.82) is 0 Å². The van der Waals surface area contributed by atoms with E-state index in [0.717, 1.165) is 0 Å². The largest absolute Gasteiger partial charge is 0.476 e. The van der Waals surface area contributed by atoms with Gasteiger partial charge in [-0.25, -0.2) is 17.9 Å². The third-order valence-corrected chi connectivity index (χ3v) is 5.14. The van der Waals surface area contributed by atoms with Crippen LogP contribution in [0.25, 0.3) is 11.3 Å². The molecule has 1 unspecified atom stereocenters. The standard InChI is InChI=1S/C12H12N4O4S/c17-12(18)10-11(8-2-1-4-13-6-8)16(15-14-10)9-3-5-21(19,20)7-9/h1-2,4,6,9H,3,5,7H2,(H,17,18). The van der Waals surface area contributed by atoms with E-state index in [9.17, 15) is 18.3 Å². The second kappa shape index (κ2) is 4.92. The average molecular weight is 308 g/mol. The maximum absolute atomic E-state index is 11.6. The SMILES string of the molecule is O=C(O)c1nnn(C2CCS(=O)(=O)C2)c1-c1cccnc1. The lowest BCUT2D eigenvalue weighted by atomic mass is 10.1. The van der Waals surface area contributed by atoms with Gasteiger partial charge in [0.1, 0.15) is 5.69 Å². The molecule has 21 heavy (non-hydrogen) atoms. The van der Waals surface area contributed by atoms with E-state index in [2.05, 4.69) is 15.3 Å². The maximum atomic E-state index is 11.6. The lowest BCUT2D eigenvalue weighted by Crippen LogP contribution is -2.14.